The predicted octanol–water partition coefficient (Wildman–Crippen LogP) is 4.95. The highest BCUT2D eigenvalue weighted by Gasteiger charge is 2.07. The first kappa shape index (κ1) is 17.0. The summed E-state index contributed by atoms with van der Waals surface area (Å²) in [4.78, 5) is 12.4. The number of carbonyl (C=O) groups is 1. The molecule has 3 aromatic carbocycles. The fourth-order valence-electron chi connectivity index (χ4n) is 2.76. The van der Waals surface area contributed by atoms with Crippen molar-refractivity contribution in [2.24, 2.45) is 0 Å². The van der Waals surface area contributed by atoms with Crippen LogP contribution in [0.25, 0.3) is 10.8 Å². The monoisotopic (exact) mass is 333 g/mol. The van der Waals surface area contributed by atoms with Crippen molar-refractivity contribution < 1.29 is 9.53 Å². The molecule has 1 N–H and O–H groups in total. The van der Waals surface area contributed by atoms with Crippen LogP contribution in [0.3, 0.4) is 0 Å². The van der Waals surface area contributed by atoms with Gasteiger partial charge in [-0.15, -0.1) is 0 Å². The van der Waals surface area contributed by atoms with E-state index in [2.05, 4.69) is 30.4 Å². The number of amides is 1. The van der Waals surface area contributed by atoms with Gasteiger partial charge in [0.2, 0.25) is 0 Å². The van der Waals surface area contributed by atoms with E-state index in [4.69, 9.17) is 4.74 Å². The Bertz CT molecular complexity index is 835. The number of hydrogen-bond donors (Lipinski definition) is 1. The van der Waals surface area contributed by atoms with E-state index in [0.717, 1.165) is 24.2 Å². The van der Waals surface area contributed by atoms with E-state index >= 15 is 0 Å². The lowest BCUT2D eigenvalue weighted by molar-refractivity contribution is 0.0951. The highest BCUT2D eigenvalue weighted by atomic mass is 16.5. The number of unbranched alkanes of at least 4 members (excludes halogenated alkanes) is 1. The second-order valence-corrected chi connectivity index (χ2v) is 6.05. The van der Waals surface area contributed by atoms with Crippen LogP contribution >= 0.6 is 0 Å². The van der Waals surface area contributed by atoms with Crippen LogP contribution in [0.15, 0.2) is 66.7 Å². The SMILES string of the molecule is CCCCOc1ccc(C(=O)NCc2cccc3ccccc23)cc1. The quantitative estimate of drug-likeness (QED) is 0.621. The van der Waals surface area contributed by atoms with Crippen molar-refractivity contribution in [2.45, 2.75) is 26.3 Å². The van der Waals surface area contributed by atoms with Crippen LogP contribution in [0.2, 0.25) is 0 Å². The minimum atomic E-state index is -0.0759. The van der Waals surface area contributed by atoms with Gasteiger partial charge in [0.15, 0.2) is 0 Å². The highest BCUT2D eigenvalue weighted by molar-refractivity contribution is 5.94. The molecular formula is C22H23NO2. The summed E-state index contributed by atoms with van der Waals surface area (Å²) in [5.74, 6) is 0.729. The molecule has 0 aliphatic heterocycles. The molecule has 0 unspecified atom stereocenters. The van der Waals surface area contributed by atoms with Gasteiger partial charge in [0.05, 0.1) is 6.61 Å². The molecule has 3 rings (SSSR count). The predicted molar refractivity (Wildman–Crippen MR) is 102 cm³/mol. The van der Waals surface area contributed by atoms with Gasteiger partial charge in [-0.05, 0) is 47.0 Å². The van der Waals surface area contributed by atoms with Crippen molar-refractivity contribution in [1.29, 1.82) is 0 Å². The molecule has 0 aromatic heterocycles. The maximum Gasteiger partial charge on any atom is 0.251 e. The first-order chi connectivity index (χ1) is 12.3. The molecule has 0 heterocycles. The molecule has 3 heteroatoms. The van der Waals surface area contributed by atoms with Gasteiger partial charge in [0.1, 0.15) is 5.75 Å². The van der Waals surface area contributed by atoms with Gasteiger partial charge in [0, 0.05) is 12.1 Å². The molecule has 0 radical (unpaired) electrons. The van der Waals surface area contributed by atoms with Gasteiger partial charge >= 0.3 is 0 Å². The maximum absolute atomic E-state index is 12.4. The first-order valence-corrected chi connectivity index (χ1v) is 8.75. The van der Waals surface area contributed by atoms with Gasteiger partial charge in [-0.1, -0.05) is 55.8 Å². The molecule has 0 saturated heterocycles. The fourth-order valence-corrected chi connectivity index (χ4v) is 2.76. The number of nitrogens with one attached hydrogen (secondary N) is 1. The number of fused-ring (bicyclic) bond motifs is 1. The van der Waals surface area contributed by atoms with Crippen molar-refractivity contribution >= 4 is 16.7 Å². The van der Waals surface area contributed by atoms with Crippen LogP contribution in [0, 0.1) is 0 Å². The van der Waals surface area contributed by atoms with Crippen molar-refractivity contribution in [2.75, 3.05) is 6.61 Å². The smallest absolute Gasteiger partial charge is 0.251 e. The summed E-state index contributed by atoms with van der Waals surface area (Å²) in [5.41, 5.74) is 1.76. The summed E-state index contributed by atoms with van der Waals surface area (Å²) in [6.07, 6.45) is 2.14. The van der Waals surface area contributed by atoms with Crippen LogP contribution in [0.4, 0.5) is 0 Å². The van der Waals surface area contributed by atoms with E-state index < -0.39 is 0 Å². The van der Waals surface area contributed by atoms with E-state index in [1.165, 1.54) is 10.8 Å². The summed E-state index contributed by atoms with van der Waals surface area (Å²) in [7, 11) is 0. The third-order valence-electron chi connectivity index (χ3n) is 4.20. The zero-order valence-electron chi connectivity index (χ0n) is 14.5. The van der Waals surface area contributed by atoms with E-state index in [1.807, 2.05) is 36.4 Å². The molecule has 1 amide bonds. The molecule has 0 aliphatic rings. The second kappa shape index (κ2) is 8.34. The van der Waals surface area contributed by atoms with E-state index in [9.17, 15) is 4.79 Å². The normalized spacial score (nSPS) is 10.6. The third-order valence-corrected chi connectivity index (χ3v) is 4.20. The van der Waals surface area contributed by atoms with Gasteiger partial charge < -0.3 is 10.1 Å². The molecule has 0 bridgehead atoms. The molecule has 3 nitrogen and oxygen atoms in total. The zero-order chi connectivity index (χ0) is 17.5. The van der Waals surface area contributed by atoms with Crippen molar-refractivity contribution in [3.05, 3.63) is 77.9 Å². The average molecular weight is 333 g/mol. The number of benzene rings is 3. The molecular weight excluding hydrogens is 310 g/mol. The molecule has 128 valence electrons. The Kier molecular flexibility index (Phi) is 5.68. The van der Waals surface area contributed by atoms with Gasteiger partial charge in [-0.3, -0.25) is 4.79 Å². The Labute approximate surface area is 148 Å². The minimum absolute atomic E-state index is 0.0759. The van der Waals surface area contributed by atoms with E-state index in [1.54, 1.807) is 12.1 Å². The molecule has 0 spiro atoms. The van der Waals surface area contributed by atoms with Crippen LogP contribution in [-0.2, 0) is 6.54 Å². The van der Waals surface area contributed by atoms with Crippen LogP contribution in [-0.4, -0.2) is 12.5 Å². The van der Waals surface area contributed by atoms with E-state index in [0.29, 0.717) is 18.7 Å². The highest BCUT2D eigenvalue weighted by Crippen LogP contribution is 2.18. The standard InChI is InChI=1S/C22H23NO2/c1-2-3-15-25-20-13-11-18(12-14-20)22(24)23-16-19-9-6-8-17-7-4-5-10-21(17)19/h4-14H,2-3,15-16H2,1H3,(H,23,24). The summed E-state index contributed by atoms with van der Waals surface area (Å²) >= 11 is 0. The largest absolute Gasteiger partial charge is 0.494 e. The second-order valence-electron chi connectivity index (χ2n) is 6.05. The molecule has 3 aromatic rings. The average Bonchev–Trinajstić information content (AvgIpc) is 2.67. The van der Waals surface area contributed by atoms with Crippen molar-refractivity contribution in [1.82, 2.24) is 5.32 Å². The number of rotatable bonds is 7. The number of hydrogen-bond acceptors (Lipinski definition) is 2. The zero-order valence-corrected chi connectivity index (χ0v) is 14.5. The lowest BCUT2D eigenvalue weighted by atomic mass is 10.0. The fraction of sp³-hybridized carbons (Fsp3) is 0.227. The van der Waals surface area contributed by atoms with Crippen LogP contribution in [0.5, 0.6) is 5.75 Å². The van der Waals surface area contributed by atoms with Crippen LogP contribution in [0.1, 0.15) is 35.7 Å². The Morgan fingerprint density at radius 1 is 0.960 bits per heavy atom. The minimum Gasteiger partial charge on any atom is -0.494 e. The van der Waals surface area contributed by atoms with Crippen molar-refractivity contribution in [3.8, 4) is 5.75 Å². The summed E-state index contributed by atoms with van der Waals surface area (Å²) < 4.78 is 5.63. The number of carbonyl (C=O) groups excluding carboxylic acids is 1. The lowest BCUT2D eigenvalue weighted by Gasteiger charge is -2.09. The lowest BCUT2D eigenvalue weighted by Crippen LogP contribution is -2.22. The van der Waals surface area contributed by atoms with E-state index in [-0.39, 0.29) is 5.91 Å². The summed E-state index contributed by atoms with van der Waals surface area (Å²) in [5, 5.41) is 5.35. The van der Waals surface area contributed by atoms with Crippen LogP contribution < -0.4 is 10.1 Å². The maximum atomic E-state index is 12.4. The Balaban J connectivity index is 1.62. The Morgan fingerprint density at radius 3 is 2.52 bits per heavy atom. The molecule has 0 atom stereocenters. The van der Waals surface area contributed by atoms with Gasteiger partial charge in [-0.2, -0.15) is 0 Å². The first-order valence-electron chi connectivity index (χ1n) is 8.75. The number of ether oxygens (including phenoxy) is 1. The summed E-state index contributed by atoms with van der Waals surface area (Å²) in [6.45, 7) is 3.35. The molecule has 0 aliphatic carbocycles. The Morgan fingerprint density at radius 2 is 1.72 bits per heavy atom. The van der Waals surface area contributed by atoms with Gasteiger partial charge in [0.25, 0.3) is 5.91 Å². The molecule has 0 saturated carbocycles. The Hall–Kier alpha value is -2.81. The molecule has 25 heavy (non-hydrogen) atoms. The summed E-state index contributed by atoms with van der Waals surface area (Å²) in [6, 6.07) is 21.7. The molecule has 0 fully saturated rings. The third kappa shape index (κ3) is 4.38. The topological polar surface area (TPSA) is 38.3 Å². The van der Waals surface area contributed by atoms with Gasteiger partial charge in [-0.25, -0.2) is 0 Å². The van der Waals surface area contributed by atoms with Crippen molar-refractivity contribution in [3.63, 3.8) is 0 Å².